The van der Waals surface area contributed by atoms with Gasteiger partial charge in [0.1, 0.15) is 5.69 Å². The maximum absolute atomic E-state index is 12.9. The van der Waals surface area contributed by atoms with Crippen molar-refractivity contribution in [3.63, 3.8) is 0 Å². The zero-order valence-electron chi connectivity index (χ0n) is 16.0. The van der Waals surface area contributed by atoms with Gasteiger partial charge in [0.25, 0.3) is 5.91 Å². The third-order valence-electron chi connectivity index (χ3n) is 4.97. The van der Waals surface area contributed by atoms with Gasteiger partial charge in [-0.05, 0) is 48.5 Å². The minimum Gasteiger partial charge on any atom is -0.368 e. The molecule has 0 aliphatic carbocycles. The summed E-state index contributed by atoms with van der Waals surface area (Å²) < 4.78 is 0. The van der Waals surface area contributed by atoms with Crippen molar-refractivity contribution >= 4 is 23.0 Å². The predicted molar refractivity (Wildman–Crippen MR) is 113 cm³/mol. The quantitative estimate of drug-likeness (QED) is 0.744. The van der Waals surface area contributed by atoms with Crippen LogP contribution in [0.15, 0.2) is 72.9 Å². The van der Waals surface area contributed by atoms with E-state index >= 15 is 0 Å². The van der Waals surface area contributed by atoms with E-state index in [0.717, 1.165) is 24.5 Å². The highest BCUT2D eigenvalue weighted by molar-refractivity contribution is 5.93. The van der Waals surface area contributed by atoms with Crippen LogP contribution in [-0.2, 0) is 0 Å². The van der Waals surface area contributed by atoms with Gasteiger partial charge >= 0.3 is 0 Å². The first kappa shape index (κ1) is 18.5. The van der Waals surface area contributed by atoms with Gasteiger partial charge in [0.05, 0.1) is 11.6 Å². The maximum Gasteiger partial charge on any atom is 0.272 e. The minimum absolute atomic E-state index is 0.0545. The van der Waals surface area contributed by atoms with Crippen LogP contribution in [0.2, 0.25) is 0 Å². The van der Waals surface area contributed by atoms with E-state index < -0.39 is 0 Å². The molecular formula is C23H21N5O. The monoisotopic (exact) mass is 383 g/mol. The van der Waals surface area contributed by atoms with Crippen LogP contribution in [0.3, 0.4) is 0 Å². The van der Waals surface area contributed by atoms with E-state index in [1.807, 2.05) is 41.3 Å². The third kappa shape index (κ3) is 4.36. The number of carbonyl (C=O) groups is 1. The Kier molecular flexibility index (Phi) is 5.39. The number of nitrogens with zero attached hydrogens (tertiary/aromatic N) is 4. The molecule has 6 nitrogen and oxygen atoms in total. The Hall–Kier alpha value is -3.85. The van der Waals surface area contributed by atoms with E-state index in [1.54, 1.807) is 24.4 Å². The Labute approximate surface area is 170 Å². The molecule has 144 valence electrons. The van der Waals surface area contributed by atoms with Crippen LogP contribution >= 0.6 is 0 Å². The zero-order valence-corrected chi connectivity index (χ0v) is 16.0. The van der Waals surface area contributed by atoms with E-state index in [4.69, 9.17) is 5.26 Å². The van der Waals surface area contributed by atoms with Gasteiger partial charge < -0.3 is 15.1 Å². The van der Waals surface area contributed by atoms with Crippen molar-refractivity contribution < 1.29 is 4.79 Å². The van der Waals surface area contributed by atoms with E-state index in [0.29, 0.717) is 24.3 Å². The maximum atomic E-state index is 12.9. The van der Waals surface area contributed by atoms with Crippen molar-refractivity contribution in [2.45, 2.75) is 0 Å². The molecule has 0 radical (unpaired) electrons. The average molecular weight is 383 g/mol. The Balaban J connectivity index is 1.40. The number of benzene rings is 2. The lowest BCUT2D eigenvalue weighted by molar-refractivity contribution is 0.0741. The molecule has 3 aromatic rings. The number of pyridine rings is 1. The molecule has 1 aliphatic rings. The molecule has 1 saturated heterocycles. The number of nitrogens with one attached hydrogen (secondary N) is 1. The Morgan fingerprint density at radius 1 is 0.931 bits per heavy atom. The number of piperazine rings is 1. The minimum atomic E-state index is -0.0545. The topological polar surface area (TPSA) is 72.3 Å². The first-order valence-electron chi connectivity index (χ1n) is 9.55. The van der Waals surface area contributed by atoms with Gasteiger partial charge in [0, 0.05) is 49.4 Å². The van der Waals surface area contributed by atoms with Crippen molar-refractivity contribution in [2.75, 3.05) is 36.4 Å². The van der Waals surface area contributed by atoms with Crippen LogP contribution in [0.25, 0.3) is 0 Å². The number of hydrogen-bond donors (Lipinski definition) is 1. The SMILES string of the molecule is N#Cc1ccc(Nc2ccnc(C(=O)N3CCN(c4ccccc4)CC3)c2)cc1. The normalized spacial score (nSPS) is 13.6. The number of carbonyl (C=O) groups excluding carboxylic acids is 1. The Morgan fingerprint density at radius 2 is 1.66 bits per heavy atom. The molecule has 0 saturated carbocycles. The summed E-state index contributed by atoms with van der Waals surface area (Å²) in [5.74, 6) is -0.0545. The second kappa shape index (κ2) is 8.44. The fourth-order valence-electron chi connectivity index (χ4n) is 3.39. The summed E-state index contributed by atoms with van der Waals surface area (Å²) in [7, 11) is 0. The number of rotatable bonds is 4. The zero-order chi connectivity index (χ0) is 20.1. The molecule has 1 aromatic heterocycles. The summed E-state index contributed by atoms with van der Waals surface area (Å²) in [6, 6.07) is 23.1. The molecule has 0 spiro atoms. The summed E-state index contributed by atoms with van der Waals surface area (Å²) in [5.41, 5.74) is 3.86. The first-order chi connectivity index (χ1) is 14.2. The molecule has 1 aliphatic heterocycles. The van der Waals surface area contributed by atoms with Crippen LogP contribution in [0, 0.1) is 11.3 Å². The third-order valence-corrected chi connectivity index (χ3v) is 4.97. The molecule has 2 aromatic carbocycles. The fourth-order valence-corrected chi connectivity index (χ4v) is 3.39. The summed E-state index contributed by atoms with van der Waals surface area (Å²) in [6.07, 6.45) is 1.64. The highest BCUT2D eigenvalue weighted by Gasteiger charge is 2.23. The first-order valence-corrected chi connectivity index (χ1v) is 9.55. The molecule has 1 amide bonds. The summed E-state index contributed by atoms with van der Waals surface area (Å²) in [6.45, 7) is 2.95. The smallest absolute Gasteiger partial charge is 0.272 e. The van der Waals surface area contributed by atoms with E-state index in [9.17, 15) is 4.79 Å². The molecule has 1 fully saturated rings. The largest absolute Gasteiger partial charge is 0.368 e. The molecule has 29 heavy (non-hydrogen) atoms. The highest BCUT2D eigenvalue weighted by atomic mass is 16.2. The standard InChI is InChI=1S/C23H21N5O/c24-17-18-6-8-19(9-7-18)26-20-10-11-25-22(16-20)23(29)28-14-12-27(13-15-28)21-4-2-1-3-5-21/h1-11,16H,12-15H2,(H,25,26). The van der Waals surface area contributed by atoms with Gasteiger partial charge in [-0.25, -0.2) is 0 Å². The molecule has 0 bridgehead atoms. The molecule has 4 rings (SSSR count). The Morgan fingerprint density at radius 3 is 2.34 bits per heavy atom. The van der Waals surface area contributed by atoms with Gasteiger partial charge in [-0.3, -0.25) is 9.78 Å². The molecule has 6 heteroatoms. The summed E-state index contributed by atoms with van der Waals surface area (Å²) in [5, 5.41) is 12.2. The van der Waals surface area contributed by atoms with Crippen molar-refractivity contribution in [3.8, 4) is 6.07 Å². The van der Waals surface area contributed by atoms with Gasteiger partial charge in [0.2, 0.25) is 0 Å². The van der Waals surface area contributed by atoms with Crippen molar-refractivity contribution in [1.29, 1.82) is 5.26 Å². The van der Waals surface area contributed by atoms with Gasteiger partial charge in [-0.1, -0.05) is 18.2 Å². The van der Waals surface area contributed by atoms with Gasteiger partial charge in [-0.15, -0.1) is 0 Å². The van der Waals surface area contributed by atoms with Crippen LogP contribution in [-0.4, -0.2) is 42.0 Å². The Bertz CT molecular complexity index is 1020. The second-order valence-corrected chi connectivity index (χ2v) is 6.86. The van der Waals surface area contributed by atoms with Crippen LogP contribution in [0.5, 0.6) is 0 Å². The molecule has 0 unspecified atom stereocenters. The van der Waals surface area contributed by atoms with Crippen molar-refractivity contribution in [3.05, 3.63) is 84.2 Å². The number of aromatic nitrogens is 1. The number of nitriles is 1. The lowest BCUT2D eigenvalue weighted by Crippen LogP contribution is -2.49. The average Bonchev–Trinajstić information content (AvgIpc) is 2.80. The van der Waals surface area contributed by atoms with E-state index in [-0.39, 0.29) is 5.91 Å². The van der Waals surface area contributed by atoms with Crippen molar-refractivity contribution in [2.24, 2.45) is 0 Å². The number of anilines is 3. The van der Waals surface area contributed by atoms with Gasteiger partial charge in [0.15, 0.2) is 0 Å². The molecular weight excluding hydrogens is 362 g/mol. The predicted octanol–water partition coefficient (Wildman–Crippen LogP) is 3.66. The molecule has 2 heterocycles. The second-order valence-electron chi connectivity index (χ2n) is 6.86. The number of hydrogen-bond acceptors (Lipinski definition) is 5. The van der Waals surface area contributed by atoms with Crippen LogP contribution < -0.4 is 10.2 Å². The van der Waals surface area contributed by atoms with E-state index in [2.05, 4.69) is 33.4 Å². The fraction of sp³-hybridized carbons (Fsp3) is 0.174. The lowest BCUT2D eigenvalue weighted by Gasteiger charge is -2.36. The summed E-state index contributed by atoms with van der Waals surface area (Å²) in [4.78, 5) is 21.3. The van der Waals surface area contributed by atoms with Gasteiger partial charge in [-0.2, -0.15) is 5.26 Å². The molecule has 0 atom stereocenters. The highest BCUT2D eigenvalue weighted by Crippen LogP contribution is 2.20. The van der Waals surface area contributed by atoms with E-state index in [1.165, 1.54) is 5.69 Å². The number of amides is 1. The lowest BCUT2D eigenvalue weighted by atomic mass is 10.2. The van der Waals surface area contributed by atoms with Crippen LogP contribution in [0.1, 0.15) is 16.1 Å². The summed E-state index contributed by atoms with van der Waals surface area (Å²) >= 11 is 0. The number of para-hydroxylation sites is 1. The molecule has 1 N–H and O–H groups in total. The van der Waals surface area contributed by atoms with Crippen LogP contribution in [0.4, 0.5) is 17.1 Å². The van der Waals surface area contributed by atoms with Crippen molar-refractivity contribution in [1.82, 2.24) is 9.88 Å².